The fraction of sp³-hybridized carbons (Fsp3) is 0.550. The molecular weight excluding hydrogens is 338 g/mol. The number of hydrogen-bond donors (Lipinski definition) is 1. The number of likely N-dealkylation sites (tertiary alicyclic amines) is 1. The third-order valence-electron chi connectivity index (χ3n) is 5.24. The molecule has 1 N–H and O–H groups in total. The van der Waals surface area contributed by atoms with E-state index in [-0.39, 0.29) is 11.4 Å². The summed E-state index contributed by atoms with van der Waals surface area (Å²) in [5.74, 6) is 0.0337. The second kappa shape index (κ2) is 7.79. The molecule has 4 nitrogen and oxygen atoms in total. The van der Waals surface area contributed by atoms with Crippen LogP contribution >= 0.6 is 11.6 Å². The molecular formula is C20H26ClNO3. The smallest absolute Gasteiger partial charge is 0.336 e. The number of phenols is 1. The van der Waals surface area contributed by atoms with Crippen molar-refractivity contribution in [2.45, 2.75) is 65.0 Å². The number of rotatable bonds is 5. The van der Waals surface area contributed by atoms with Crippen LogP contribution in [0.3, 0.4) is 0 Å². The predicted octanol–water partition coefficient (Wildman–Crippen LogP) is 4.87. The summed E-state index contributed by atoms with van der Waals surface area (Å²) in [4.78, 5) is 14.4. The van der Waals surface area contributed by atoms with Crippen molar-refractivity contribution < 1.29 is 9.52 Å². The van der Waals surface area contributed by atoms with Crippen LogP contribution in [0.5, 0.6) is 5.75 Å². The van der Waals surface area contributed by atoms with Crippen LogP contribution in [-0.2, 0) is 13.0 Å². The summed E-state index contributed by atoms with van der Waals surface area (Å²) in [5.41, 5.74) is 1.68. The average molecular weight is 364 g/mol. The van der Waals surface area contributed by atoms with E-state index in [0.29, 0.717) is 28.8 Å². The van der Waals surface area contributed by atoms with Crippen LogP contribution < -0.4 is 5.63 Å². The van der Waals surface area contributed by atoms with Crippen LogP contribution in [0.1, 0.15) is 57.1 Å². The van der Waals surface area contributed by atoms with Gasteiger partial charge in [0, 0.05) is 24.0 Å². The van der Waals surface area contributed by atoms with Gasteiger partial charge in [0.1, 0.15) is 11.3 Å². The Morgan fingerprint density at radius 2 is 2.12 bits per heavy atom. The van der Waals surface area contributed by atoms with Gasteiger partial charge in [-0.2, -0.15) is 0 Å². The maximum absolute atomic E-state index is 12.0. The van der Waals surface area contributed by atoms with Crippen molar-refractivity contribution in [2.75, 3.05) is 6.54 Å². The van der Waals surface area contributed by atoms with E-state index in [4.69, 9.17) is 16.0 Å². The van der Waals surface area contributed by atoms with Gasteiger partial charge in [0.05, 0.1) is 10.6 Å². The van der Waals surface area contributed by atoms with E-state index in [2.05, 4.69) is 18.7 Å². The number of benzene rings is 1. The number of aryl methyl sites for hydroxylation is 1. The van der Waals surface area contributed by atoms with Crippen molar-refractivity contribution in [1.29, 1.82) is 0 Å². The van der Waals surface area contributed by atoms with Crippen LogP contribution in [0.2, 0.25) is 5.02 Å². The molecule has 136 valence electrons. The van der Waals surface area contributed by atoms with Crippen LogP contribution in [-0.4, -0.2) is 22.6 Å². The van der Waals surface area contributed by atoms with Crippen LogP contribution in [0.4, 0.5) is 0 Å². The molecule has 1 fully saturated rings. The van der Waals surface area contributed by atoms with E-state index in [1.54, 1.807) is 12.1 Å². The molecule has 1 aliphatic rings. The summed E-state index contributed by atoms with van der Waals surface area (Å²) in [6.45, 7) is 5.81. The van der Waals surface area contributed by atoms with E-state index in [1.807, 2.05) is 0 Å². The molecule has 1 aromatic carbocycles. The topological polar surface area (TPSA) is 53.7 Å². The molecule has 0 bridgehead atoms. The zero-order valence-electron chi connectivity index (χ0n) is 15.0. The summed E-state index contributed by atoms with van der Waals surface area (Å²) in [7, 11) is 0. The fourth-order valence-corrected chi connectivity index (χ4v) is 4.16. The molecule has 5 heteroatoms. The lowest BCUT2D eigenvalue weighted by Crippen LogP contribution is -2.38. The maximum atomic E-state index is 12.0. The molecule has 1 saturated heterocycles. The standard InChI is InChI=1S/C20H26ClNO3/c1-3-7-13-10-18(23)25-20-15(13)11-17(21)19(24)16(20)12-22-9-6-5-8-14(22)4-2/h10-11,14,24H,3-9,12H2,1-2H3/t14-/m1/s1. The van der Waals surface area contributed by atoms with Gasteiger partial charge < -0.3 is 9.52 Å². The first-order chi connectivity index (χ1) is 12.0. The highest BCUT2D eigenvalue weighted by molar-refractivity contribution is 6.33. The summed E-state index contributed by atoms with van der Waals surface area (Å²) in [6.07, 6.45) is 6.35. The number of phenolic OH excluding ortho intramolecular Hbond substituents is 1. The van der Waals surface area contributed by atoms with Crippen molar-refractivity contribution in [3.8, 4) is 5.75 Å². The van der Waals surface area contributed by atoms with Gasteiger partial charge in [0.2, 0.25) is 0 Å². The normalized spacial score (nSPS) is 18.8. The van der Waals surface area contributed by atoms with Crippen molar-refractivity contribution in [1.82, 2.24) is 4.90 Å². The van der Waals surface area contributed by atoms with Gasteiger partial charge in [-0.15, -0.1) is 0 Å². The quantitative estimate of drug-likeness (QED) is 0.770. The monoisotopic (exact) mass is 363 g/mol. The summed E-state index contributed by atoms with van der Waals surface area (Å²) >= 11 is 6.30. The largest absolute Gasteiger partial charge is 0.506 e. The number of aromatic hydroxyl groups is 1. The van der Waals surface area contributed by atoms with E-state index in [0.717, 1.165) is 43.2 Å². The number of fused-ring (bicyclic) bond motifs is 1. The Hall–Kier alpha value is -1.52. The Kier molecular flexibility index (Phi) is 5.70. The van der Waals surface area contributed by atoms with Crippen LogP contribution in [0.25, 0.3) is 11.0 Å². The number of hydrogen-bond acceptors (Lipinski definition) is 4. The first-order valence-electron chi connectivity index (χ1n) is 9.26. The molecule has 1 aromatic heterocycles. The number of nitrogens with zero attached hydrogens (tertiary/aromatic N) is 1. The lowest BCUT2D eigenvalue weighted by molar-refractivity contribution is 0.135. The molecule has 3 rings (SSSR count). The Morgan fingerprint density at radius 1 is 1.32 bits per heavy atom. The van der Waals surface area contributed by atoms with Crippen molar-refractivity contribution in [3.63, 3.8) is 0 Å². The molecule has 2 heterocycles. The van der Waals surface area contributed by atoms with E-state index < -0.39 is 0 Å². The van der Waals surface area contributed by atoms with Gasteiger partial charge in [-0.05, 0) is 43.9 Å². The number of piperidine rings is 1. The lowest BCUT2D eigenvalue weighted by Gasteiger charge is -2.35. The summed E-state index contributed by atoms with van der Waals surface area (Å²) in [6, 6.07) is 3.75. The maximum Gasteiger partial charge on any atom is 0.336 e. The Balaban J connectivity index is 2.12. The zero-order chi connectivity index (χ0) is 18.0. The highest BCUT2D eigenvalue weighted by Gasteiger charge is 2.25. The second-order valence-corrected chi connectivity index (χ2v) is 7.34. The fourth-order valence-electron chi connectivity index (χ4n) is 3.94. The van der Waals surface area contributed by atoms with Crippen LogP contribution in [0.15, 0.2) is 21.3 Å². The molecule has 0 aliphatic carbocycles. The van der Waals surface area contributed by atoms with Crippen molar-refractivity contribution in [2.24, 2.45) is 0 Å². The molecule has 1 atom stereocenters. The Morgan fingerprint density at radius 3 is 2.84 bits per heavy atom. The lowest BCUT2D eigenvalue weighted by atomic mass is 9.97. The van der Waals surface area contributed by atoms with Gasteiger partial charge in [-0.25, -0.2) is 4.79 Å². The minimum Gasteiger partial charge on any atom is -0.506 e. The van der Waals surface area contributed by atoms with Crippen molar-refractivity contribution >= 4 is 22.6 Å². The second-order valence-electron chi connectivity index (χ2n) is 6.93. The van der Waals surface area contributed by atoms with E-state index in [1.165, 1.54) is 12.8 Å². The molecule has 0 unspecified atom stereocenters. The van der Waals surface area contributed by atoms with Crippen LogP contribution in [0, 0.1) is 0 Å². The Bertz CT molecular complexity index is 815. The highest BCUT2D eigenvalue weighted by Crippen LogP contribution is 2.37. The van der Waals surface area contributed by atoms with E-state index >= 15 is 0 Å². The molecule has 25 heavy (non-hydrogen) atoms. The highest BCUT2D eigenvalue weighted by atomic mass is 35.5. The molecule has 1 aliphatic heterocycles. The summed E-state index contributed by atoms with van der Waals surface area (Å²) in [5, 5.41) is 11.7. The molecule has 2 aromatic rings. The average Bonchev–Trinajstić information content (AvgIpc) is 2.60. The van der Waals surface area contributed by atoms with Crippen molar-refractivity contribution in [3.05, 3.63) is 38.7 Å². The molecule has 0 amide bonds. The van der Waals surface area contributed by atoms with Gasteiger partial charge >= 0.3 is 5.63 Å². The van der Waals surface area contributed by atoms with Gasteiger partial charge in [-0.3, -0.25) is 4.90 Å². The third kappa shape index (κ3) is 3.70. The number of halogens is 1. The minimum absolute atomic E-state index is 0.0337. The predicted molar refractivity (Wildman–Crippen MR) is 101 cm³/mol. The van der Waals surface area contributed by atoms with E-state index in [9.17, 15) is 9.90 Å². The molecule has 0 radical (unpaired) electrons. The summed E-state index contributed by atoms with van der Waals surface area (Å²) < 4.78 is 5.53. The van der Waals surface area contributed by atoms with Gasteiger partial charge in [0.15, 0.2) is 0 Å². The van der Waals surface area contributed by atoms with Gasteiger partial charge in [-0.1, -0.05) is 38.3 Å². The minimum atomic E-state index is -0.371. The zero-order valence-corrected chi connectivity index (χ0v) is 15.7. The first-order valence-corrected chi connectivity index (χ1v) is 9.64. The Labute approximate surface area is 153 Å². The first kappa shape index (κ1) is 18.3. The molecule has 0 spiro atoms. The van der Waals surface area contributed by atoms with Gasteiger partial charge in [0.25, 0.3) is 0 Å². The molecule has 0 saturated carbocycles. The third-order valence-corrected chi connectivity index (χ3v) is 5.53. The SMILES string of the molecule is CCCc1cc(=O)oc2c(CN3CCCC[C@H]3CC)c(O)c(Cl)cc12.